The predicted molar refractivity (Wildman–Crippen MR) is 145 cm³/mol. The lowest BCUT2D eigenvalue weighted by molar-refractivity contribution is 0.448. The van der Waals surface area contributed by atoms with Crippen molar-refractivity contribution in [1.29, 1.82) is 0 Å². The molecule has 37 heavy (non-hydrogen) atoms. The molecule has 1 N–H and O–H groups in total. The third-order valence-corrected chi connectivity index (χ3v) is 7.86. The number of nitrogens with zero attached hydrogens (tertiary/aromatic N) is 6. The number of unbranched alkanes of at least 4 members (excludes halogenated alkanes) is 1. The van der Waals surface area contributed by atoms with Crippen LogP contribution in [0.15, 0.2) is 53.7 Å². The zero-order valence-electron chi connectivity index (χ0n) is 22.4. The molecule has 8 heteroatoms. The maximum absolute atomic E-state index is 13.9. The summed E-state index contributed by atoms with van der Waals surface area (Å²) in [6, 6.07) is 10.4. The van der Waals surface area contributed by atoms with E-state index in [9.17, 15) is 4.79 Å². The molecule has 0 amide bonds. The van der Waals surface area contributed by atoms with Crippen LogP contribution in [-0.4, -0.2) is 34.7 Å². The quantitative estimate of drug-likeness (QED) is 0.316. The van der Waals surface area contributed by atoms with Gasteiger partial charge in [0.1, 0.15) is 0 Å². The second-order valence-corrected chi connectivity index (χ2v) is 11.0. The van der Waals surface area contributed by atoms with Gasteiger partial charge in [-0.15, -0.1) is 10.2 Å². The first-order valence-electron chi connectivity index (χ1n) is 13.5. The fourth-order valence-corrected chi connectivity index (χ4v) is 5.97. The lowest BCUT2D eigenvalue weighted by Gasteiger charge is -2.12. The SMILES string of the molecule is CCCCc1cn(C2C(C(C)C)C2C(C)C)c(=O)n1Cc1cnccc1-c1ccc(-c2nn[nH]n2)cc1. The van der Waals surface area contributed by atoms with Crippen LogP contribution in [0.1, 0.15) is 64.8 Å². The first-order valence-corrected chi connectivity index (χ1v) is 13.5. The summed E-state index contributed by atoms with van der Waals surface area (Å²) in [5.74, 6) is 2.80. The average molecular weight is 500 g/mol. The number of aromatic amines is 1. The van der Waals surface area contributed by atoms with Crippen molar-refractivity contribution in [3.05, 3.63) is 70.7 Å². The van der Waals surface area contributed by atoms with Gasteiger partial charge < -0.3 is 0 Å². The topological polar surface area (TPSA) is 94.3 Å². The molecule has 194 valence electrons. The predicted octanol–water partition coefficient (Wildman–Crippen LogP) is 5.38. The monoisotopic (exact) mass is 499 g/mol. The van der Waals surface area contributed by atoms with E-state index in [1.165, 1.54) is 0 Å². The Hall–Kier alpha value is -3.55. The molecule has 1 saturated carbocycles. The second-order valence-electron chi connectivity index (χ2n) is 11.0. The smallest absolute Gasteiger partial charge is 0.295 e. The number of hydrogen-bond donors (Lipinski definition) is 1. The summed E-state index contributed by atoms with van der Waals surface area (Å²) in [5.41, 5.74) is 5.28. The Labute approximate surface area is 218 Å². The lowest BCUT2D eigenvalue weighted by Crippen LogP contribution is -2.26. The van der Waals surface area contributed by atoms with Crippen LogP contribution in [0.4, 0.5) is 0 Å². The molecule has 3 heterocycles. The maximum Gasteiger partial charge on any atom is 0.328 e. The molecule has 2 unspecified atom stereocenters. The van der Waals surface area contributed by atoms with Gasteiger partial charge in [0.15, 0.2) is 0 Å². The highest BCUT2D eigenvalue weighted by atomic mass is 16.1. The molecule has 0 radical (unpaired) electrons. The van der Waals surface area contributed by atoms with Crippen molar-refractivity contribution in [2.45, 2.75) is 66.5 Å². The summed E-state index contributed by atoms with van der Waals surface area (Å²) in [7, 11) is 0. The summed E-state index contributed by atoms with van der Waals surface area (Å²) in [6.45, 7) is 11.8. The Kier molecular flexibility index (Phi) is 7.09. The molecule has 0 aliphatic heterocycles. The molecule has 1 aromatic carbocycles. The van der Waals surface area contributed by atoms with Gasteiger partial charge in [0.25, 0.3) is 0 Å². The van der Waals surface area contributed by atoms with Gasteiger partial charge in [-0.1, -0.05) is 65.3 Å². The molecule has 4 aromatic rings. The summed E-state index contributed by atoms with van der Waals surface area (Å²) in [5, 5.41) is 14.3. The van der Waals surface area contributed by atoms with E-state index >= 15 is 0 Å². The average Bonchev–Trinajstić information content (AvgIpc) is 3.26. The molecule has 5 rings (SSSR count). The molecule has 1 aliphatic rings. The normalized spacial score (nSPS) is 19.2. The van der Waals surface area contributed by atoms with E-state index in [1.807, 2.05) is 35.2 Å². The van der Waals surface area contributed by atoms with Crippen LogP contribution >= 0.6 is 0 Å². The Morgan fingerprint density at radius 3 is 2.32 bits per heavy atom. The Morgan fingerprint density at radius 2 is 1.70 bits per heavy atom. The molecule has 1 aliphatic carbocycles. The van der Waals surface area contributed by atoms with Crippen molar-refractivity contribution in [2.24, 2.45) is 23.7 Å². The number of pyridine rings is 1. The van der Waals surface area contributed by atoms with Gasteiger partial charge in [-0.05, 0) is 64.5 Å². The number of hydrogen-bond acceptors (Lipinski definition) is 5. The highest BCUT2D eigenvalue weighted by Gasteiger charge is 2.54. The Bertz CT molecular complexity index is 1370. The zero-order valence-corrected chi connectivity index (χ0v) is 22.4. The van der Waals surface area contributed by atoms with E-state index in [0.717, 1.165) is 47.2 Å². The fourth-order valence-electron chi connectivity index (χ4n) is 5.97. The van der Waals surface area contributed by atoms with Gasteiger partial charge in [-0.2, -0.15) is 5.21 Å². The van der Waals surface area contributed by atoms with Gasteiger partial charge in [0.2, 0.25) is 5.82 Å². The number of aromatic nitrogens is 7. The largest absolute Gasteiger partial charge is 0.328 e. The number of H-pyrrole nitrogens is 1. The Balaban J connectivity index is 1.49. The lowest BCUT2D eigenvalue weighted by atomic mass is 10.00. The minimum atomic E-state index is 0.104. The minimum absolute atomic E-state index is 0.104. The third-order valence-electron chi connectivity index (χ3n) is 7.86. The minimum Gasteiger partial charge on any atom is -0.295 e. The molecule has 3 aromatic heterocycles. The van der Waals surface area contributed by atoms with Gasteiger partial charge in [0.05, 0.1) is 6.54 Å². The van der Waals surface area contributed by atoms with Gasteiger partial charge in [-0.25, -0.2) is 4.79 Å². The number of nitrogens with one attached hydrogen (secondary N) is 1. The summed E-state index contributed by atoms with van der Waals surface area (Å²) in [6.07, 6.45) is 8.91. The van der Waals surface area contributed by atoms with E-state index in [2.05, 4.69) is 83.1 Å². The molecule has 8 nitrogen and oxygen atoms in total. The molecule has 0 bridgehead atoms. The number of benzene rings is 1. The van der Waals surface area contributed by atoms with Crippen LogP contribution in [0.5, 0.6) is 0 Å². The highest BCUT2D eigenvalue weighted by molar-refractivity contribution is 5.69. The number of aryl methyl sites for hydroxylation is 1. The Morgan fingerprint density at radius 1 is 1.00 bits per heavy atom. The van der Waals surface area contributed by atoms with Crippen LogP contribution in [-0.2, 0) is 13.0 Å². The maximum atomic E-state index is 13.9. The summed E-state index contributed by atoms with van der Waals surface area (Å²) < 4.78 is 4.03. The molecule has 2 atom stereocenters. The number of imidazole rings is 1. The van der Waals surface area contributed by atoms with E-state index in [4.69, 9.17) is 0 Å². The van der Waals surface area contributed by atoms with Crippen LogP contribution < -0.4 is 5.69 Å². The van der Waals surface area contributed by atoms with Crippen molar-refractivity contribution in [1.82, 2.24) is 34.7 Å². The van der Waals surface area contributed by atoms with Crippen LogP contribution in [0.25, 0.3) is 22.5 Å². The third kappa shape index (κ3) is 4.89. The van der Waals surface area contributed by atoms with Crippen LogP contribution in [0.3, 0.4) is 0 Å². The molecule has 1 fully saturated rings. The van der Waals surface area contributed by atoms with Crippen molar-refractivity contribution >= 4 is 0 Å². The van der Waals surface area contributed by atoms with Crippen LogP contribution in [0, 0.1) is 23.7 Å². The first kappa shape index (κ1) is 25.1. The van der Waals surface area contributed by atoms with E-state index in [-0.39, 0.29) is 5.69 Å². The highest BCUT2D eigenvalue weighted by Crippen LogP contribution is 2.57. The number of rotatable bonds is 10. The summed E-state index contributed by atoms with van der Waals surface area (Å²) >= 11 is 0. The standard InChI is InChI=1S/C29H37N7O/c1-6-7-8-23-17-36(27-25(18(2)3)26(27)19(4)5)29(37)35(23)16-22-15-30-14-13-24(22)20-9-11-21(12-10-20)28-31-33-34-32-28/h9-15,17-19,25-27H,6-8,16H2,1-5H3,(H,31,32,33,34). The molecular weight excluding hydrogens is 462 g/mol. The van der Waals surface area contributed by atoms with Crippen molar-refractivity contribution in [3.8, 4) is 22.5 Å². The number of tetrazole rings is 1. The van der Waals surface area contributed by atoms with Crippen molar-refractivity contribution < 1.29 is 0 Å². The molecular formula is C29H37N7O. The second kappa shape index (κ2) is 10.4. The molecule has 0 spiro atoms. The van der Waals surface area contributed by atoms with E-state index in [1.54, 1.807) is 0 Å². The zero-order chi connectivity index (χ0) is 26.1. The van der Waals surface area contributed by atoms with Gasteiger partial charge in [-0.3, -0.25) is 14.1 Å². The van der Waals surface area contributed by atoms with Crippen molar-refractivity contribution in [2.75, 3.05) is 0 Å². The van der Waals surface area contributed by atoms with E-state index < -0.39 is 0 Å². The van der Waals surface area contributed by atoms with Gasteiger partial charge in [0, 0.05) is 35.9 Å². The fraction of sp³-hybridized carbons (Fsp3) is 0.483. The molecule has 0 saturated heterocycles. The van der Waals surface area contributed by atoms with E-state index in [0.29, 0.717) is 42.1 Å². The van der Waals surface area contributed by atoms with Gasteiger partial charge >= 0.3 is 5.69 Å². The van der Waals surface area contributed by atoms with Crippen molar-refractivity contribution in [3.63, 3.8) is 0 Å². The first-order chi connectivity index (χ1) is 17.9. The summed E-state index contributed by atoms with van der Waals surface area (Å²) in [4.78, 5) is 18.3. The van der Waals surface area contributed by atoms with Crippen LogP contribution in [0.2, 0.25) is 0 Å².